The number of aromatic hydroxyl groups is 1. The van der Waals surface area contributed by atoms with E-state index in [9.17, 15) is 13.9 Å². The Morgan fingerprint density at radius 3 is 2.91 bits per heavy atom. The minimum Gasteiger partial charge on any atom is -0.508 e. The molecule has 8 nitrogen and oxygen atoms in total. The summed E-state index contributed by atoms with van der Waals surface area (Å²) in [7, 11) is 0. The molecule has 236 valence electrons. The molecule has 11 heteroatoms. The number of hydrogen-bond donors (Lipinski definition) is 2. The zero-order valence-electron chi connectivity index (χ0n) is 25.2. The maximum atomic E-state index is 16.9. The number of phenols is 1. The largest absolute Gasteiger partial charge is 0.508 e. The number of benzene rings is 2. The van der Waals surface area contributed by atoms with Crippen LogP contribution in [0.25, 0.3) is 32.9 Å². The van der Waals surface area contributed by atoms with Crippen molar-refractivity contribution in [1.29, 1.82) is 0 Å². The highest BCUT2D eigenvalue weighted by atomic mass is 19.1. The second-order valence-corrected chi connectivity index (χ2v) is 13.2. The van der Waals surface area contributed by atoms with Crippen LogP contribution in [0.15, 0.2) is 43.1 Å². The van der Waals surface area contributed by atoms with Crippen molar-refractivity contribution < 1.29 is 23.0 Å². The fourth-order valence-electron chi connectivity index (χ4n) is 8.22. The van der Waals surface area contributed by atoms with Crippen molar-refractivity contribution in [3.05, 3.63) is 60.3 Å². The number of terminal acetylenes is 1. The maximum absolute atomic E-state index is 16.9. The number of alkyl halides is 1. The molecule has 6 heterocycles. The number of ether oxygens (including phenoxy) is 1. The summed E-state index contributed by atoms with van der Waals surface area (Å²) in [4.78, 5) is 18.1. The minimum atomic E-state index is -0.927. The summed E-state index contributed by atoms with van der Waals surface area (Å²) in [5.41, 5.74) is -0.866. The molecule has 4 fully saturated rings. The first-order valence-electron chi connectivity index (χ1n) is 15.7. The van der Waals surface area contributed by atoms with E-state index in [0.717, 1.165) is 32.2 Å². The number of nitrogens with one attached hydrogen (secondary N) is 1. The van der Waals surface area contributed by atoms with Gasteiger partial charge in [0, 0.05) is 49.2 Å². The van der Waals surface area contributed by atoms with E-state index >= 15 is 4.39 Å². The van der Waals surface area contributed by atoms with Gasteiger partial charge >= 0.3 is 6.01 Å². The van der Waals surface area contributed by atoms with Gasteiger partial charge in [0.05, 0.1) is 22.0 Å². The molecular weight excluding hydrogens is 593 g/mol. The Labute approximate surface area is 264 Å². The van der Waals surface area contributed by atoms with E-state index in [1.807, 2.05) is 6.08 Å². The quantitative estimate of drug-likeness (QED) is 0.222. The summed E-state index contributed by atoms with van der Waals surface area (Å²) in [6.07, 6.45) is 12.2. The van der Waals surface area contributed by atoms with Crippen LogP contribution in [0.4, 0.5) is 19.0 Å². The molecule has 2 aromatic carbocycles. The van der Waals surface area contributed by atoms with Crippen LogP contribution in [0.2, 0.25) is 0 Å². The monoisotopic (exact) mass is 626 g/mol. The third-order valence-electron chi connectivity index (χ3n) is 10.4. The highest BCUT2D eigenvalue weighted by molar-refractivity contribution is 6.03. The van der Waals surface area contributed by atoms with Gasteiger partial charge in [0.1, 0.15) is 41.4 Å². The Kier molecular flexibility index (Phi) is 6.67. The van der Waals surface area contributed by atoms with E-state index in [4.69, 9.17) is 16.1 Å². The Bertz CT molecular complexity index is 1970. The predicted molar refractivity (Wildman–Crippen MR) is 170 cm³/mol. The summed E-state index contributed by atoms with van der Waals surface area (Å²) in [5, 5.41) is 15.3. The van der Waals surface area contributed by atoms with Crippen LogP contribution < -0.4 is 15.0 Å². The average molecular weight is 627 g/mol. The lowest BCUT2D eigenvalue weighted by Gasteiger charge is -2.40. The average Bonchev–Trinajstić information content (AvgIpc) is 3.68. The Morgan fingerprint density at radius 2 is 2.09 bits per heavy atom. The Hall–Kier alpha value is -4.40. The van der Waals surface area contributed by atoms with Crippen LogP contribution in [0, 0.1) is 24.0 Å². The van der Waals surface area contributed by atoms with E-state index in [-0.39, 0.29) is 57.7 Å². The summed E-state index contributed by atoms with van der Waals surface area (Å²) in [6, 6.07) is 5.63. The zero-order chi connectivity index (χ0) is 31.8. The third-order valence-corrected chi connectivity index (χ3v) is 10.4. The summed E-state index contributed by atoms with van der Waals surface area (Å²) < 4.78 is 52.4. The fourth-order valence-corrected chi connectivity index (χ4v) is 8.22. The molecule has 4 saturated heterocycles. The number of phenolic OH excluding ortho intramolecular Hbond substituents is 1. The number of pyridine rings is 1. The number of nitrogens with zero attached hydrogens (tertiary/aromatic N) is 5. The van der Waals surface area contributed by atoms with Crippen molar-refractivity contribution in [2.75, 3.05) is 37.7 Å². The van der Waals surface area contributed by atoms with Crippen LogP contribution in [-0.4, -0.2) is 81.0 Å². The Balaban J connectivity index is 1.29. The number of anilines is 1. The standard InChI is InChI=1S/C35H33F3N6O2/c1-3-24-27(37)7-6-20-12-23(45)13-25(28(20)24)30-29(38)31-26(15-39-30)32(43-17-22-8-10-34(4-2,18-43)42-22)41-33(40-31)46-19-35-9-5-11-44(35)16-21(36)14-35/h1,4,6-7,12-13,15,21-22,42,45H,2,5,8-11,14,16-19H2/t21-,22?,34+,35+/m1/s1. The van der Waals surface area contributed by atoms with Gasteiger partial charge in [-0.3, -0.25) is 9.88 Å². The third kappa shape index (κ3) is 4.49. The van der Waals surface area contributed by atoms with Gasteiger partial charge in [-0.1, -0.05) is 18.1 Å². The number of aromatic nitrogens is 3. The molecule has 0 amide bonds. The molecule has 1 unspecified atom stereocenters. The fraction of sp³-hybridized carbons (Fsp3) is 0.400. The van der Waals surface area contributed by atoms with E-state index in [1.165, 1.54) is 30.5 Å². The molecule has 0 radical (unpaired) electrons. The SMILES string of the molecule is C#Cc1c(F)ccc2cc(O)cc(-c3ncc4c(N5CC6CC[C@@](C=C)(C5)N6)nc(OC[C@@]56CCCN5C[C@H](F)C6)nc4c3F)c12. The lowest BCUT2D eigenvalue weighted by Crippen LogP contribution is -2.58. The van der Waals surface area contributed by atoms with Gasteiger partial charge in [0.25, 0.3) is 0 Å². The molecular formula is C35H33F3N6O2. The predicted octanol–water partition coefficient (Wildman–Crippen LogP) is 5.26. The highest BCUT2D eigenvalue weighted by Gasteiger charge is 2.49. The van der Waals surface area contributed by atoms with Crippen molar-refractivity contribution in [3.63, 3.8) is 0 Å². The van der Waals surface area contributed by atoms with Crippen LogP contribution in [-0.2, 0) is 0 Å². The van der Waals surface area contributed by atoms with Gasteiger partial charge in [0.15, 0.2) is 5.82 Å². The van der Waals surface area contributed by atoms with Crippen molar-refractivity contribution in [3.8, 4) is 35.4 Å². The van der Waals surface area contributed by atoms with E-state index < -0.39 is 23.3 Å². The van der Waals surface area contributed by atoms with Gasteiger partial charge in [-0.15, -0.1) is 13.0 Å². The molecule has 46 heavy (non-hydrogen) atoms. The van der Waals surface area contributed by atoms with E-state index in [0.29, 0.717) is 42.6 Å². The molecule has 4 atom stereocenters. The van der Waals surface area contributed by atoms with E-state index in [2.05, 4.69) is 37.6 Å². The first kappa shape index (κ1) is 29.0. The normalized spacial score (nSPS) is 27.3. The van der Waals surface area contributed by atoms with Gasteiger partial charge in [-0.2, -0.15) is 9.97 Å². The second-order valence-electron chi connectivity index (χ2n) is 13.2. The second kappa shape index (κ2) is 10.6. The number of fused-ring (bicyclic) bond motifs is 5. The molecule has 2 bridgehead atoms. The number of piperazine rings is 1. The highest BCUT2D eigenvalue weighted by Crippen LogP contribution is 2.42. The molecule has 4 aliphatic heterocycles. The lowest BCUT2D eigenvalue weighted by molar-refractivity contribution is 0.107. The van der Waals surface area contributed by atoms with Gasteiger partial charge in [-0.05, 0) is 55.8 Å². The molecule has 8 rings (SSSR count). The molecule has 0 spiro atoms. The van der Waals surface area contributed by atoms with Gasteiger partial charge in [-0.25, -0.2) is 13.2 Å². The first-order chi connectivity index (χ1) is 22.2. The zero-order valence-corrected chi connectivity index (χ0v) is 25.2. The topological polar surface area (TPSA) is 86.6 Å². The molecule has 2 N–H and O–H groups in total. The summed E-state index contributed by atoms with van der Waals surface area (Å²) in [5.74, 6) is 1.26. The van der Waals surface area contributed by atoms with Crippen LogP contribution in [0.3, 0.4) is 0 Å². The van der Waals surface area contributed by atoms with Crippen molar-refractivity contribution in [2.45, 2.75) is 55.4 Å². The molecule has 4 aromatic rings. The smallest absolute Gasteiger partial charge is 0.319 e. The lowest BCUT2D eigenvalue weighted by atomic mass is 9.95. The molecule has 0 aliphatic carbocycles. The van der Waals surface area contributed by atoms with Gasteiger partial charge in [0.2, 0.25) is 0 Å². The maximum Gasteiger partial charge on any atom is 0.319 e. The minimum absolute atomic E-state index is 0.0169. The molecule has 2 aromatic heterocycles. The van der Waals surface area contributed by atoms with Crippen LogP contribution in [0.1, 0.15) is 37.7 Å². The van der Waals surface area contributed by atoms with Crippen LogP contribution >= 0.6 is 0 Å². The number of hydrogen-bond acceptors (Lipinski definition) is 8. The Morgan fingerprint density at radius 1 is 1.22 bits per heavy atom. The summed E-state index contributed by atoms with van der Waals surface area (Å²) >= 11 is 0. The van der Waals surface area contributed by atoms with E-state index in [1.54, 1.807) is 0 Å². The first-order valence-corrected chi connectivity index (χ1v) is 15.7. The summed E-state index contributed by atoms with van der Waals surface area (Å²) in [6.45, 7) is 6.62. The molecule has 0 saturated carbocycles. The van der Waals surface area contributed by atoms with Crippen molar-refractivity contribution in [1.82, 2.24) is 25.2 Å². The van der Waals surface area contributed by atoms with Crippen molar-refractivity contribution >= 4 is 27.5 Å². The molecule has 4 aliphatic rings. The van der Waals surface area contributed by atoms with Gasteiger partial charge < -0.3 is 20.1 Å². The number of halogens is 3. The van der Waals surface area contributed by atoms with Crippen molar-refractivity contribution in [2.24, 2.45) is 0 Å². The van der Waals surface area contributed by atoms with Crippen LogP contribution in [0.5, 0.6) is 11.8 Å². The number of rotatable bonds is 6.